The van der Waals surface area contributed by atoms with Crippen LogP contribution in [0, 0.1) is 4.91 Å². The van der Waals surface area contributed by atoms with Gasteiger partial charge in [-0.25, -0.2) is 5.01 Å². The molecule has 58 valence electrons. The maximum Gasteiger partial charge on any atom is 0.304 e. The molecule has 10 heavy (non-hydrogen) atoms. The van der Waals surface area contributed by atoms with E-state index >= 15 is 0 Å². The van der Waals surface area contributed by atoms with E-state index in [-0.39, 0.29) is 0 Å². The van der Waals surface area contributed by atoms with Crippen molar-refractivity contribution in [2.24, 2.45) is 5.29 Å². The van der Waals surface area contributed by atoms with Gasteiger partial charge in [-0.15, -0.1) is 4.91 Å². The third-order valence-corrected chi connectivity index (χ3v) is 0.992. The standard InChI is InChI=1S/C5H10N2O3/c1-4(7(3)6-9)10-5(2)8/h4H,1-3H3. The van der Waals surface area contributed by atoms with E-state index in [4.69, 9.17) is 0 Å². The maximum absolute atomic E-state index is 10.3. The first-order valence-electron chi connectivity index (χ1n) is 2.81. The fourth-order valence-corrected chi connectivity index (χ4v) is 0.383. The molecule has 0 radical (unpaired) electrons. The van der Waals surface area contributed by atoms with Crippen molar-refractivity contribution in [3.8, 4) is 0 Å². The van der Waals surface area contributed by atoms with E-state index in [1.54, 1.807) is 6.92 Å². The number of nitrogens with zero attached hydrogens (tertiary/aromatic N) is 2. The van der Waals surface area contributed by atoms with Crippen molar-refractivity contribution in [3.05, 3.63) is 4.91 Å². The molecule has 0 rings (SSSR count). The van der Waals surface area contributed by atoms with Crippen LogP contribution in [-0.2, 0) is 9.53 Å². The van der Waals surface area contributed by atoms with Crippen LogP contribution < -0.4 is 0 Å². The Kier molecular flexibility index (Phi) is 3.38. The van der Waals surface area contributed by atoms with Gasteiger partial charge in [-0.05, 0) is 6.92 Å². The molecule has 0 amide bonds. The Morgan fingerprint density at radius 1 is 1.70 bits per heavy atom. The largest absolute Gasteiger partial charge is 0.440 e. The molecule has 0 saturated carbocycles. The van der Waals surface area contributed by atoms with E-state index in [2.05, 4.69) is 10.0 Å². The molecule has 0 spiro atoms. The number of esters is 1. The van der Waals surface area contributed by atoms with Crippen molar-refractivity contribution in [3.63, 3.8) is 0 Å². The summed E-state index contributed by atoms with van der Waals surface area (Å²) in [5, 5.41) is 3.56. The van der Waals surface area contributed by atoms with Gasteiger partial charge in [-0.2, -0.15) is 0 Å². The van der Waals surface area contributed by atoms with Gasteiger partial charge < -0.3 is 4.74 Å². The fourth-order valence-electron chi connectivity index (χ4n) is 0.383. The second-order valence-electron chi connectivity index (χ2n) is 1.86. The van der Waals surface area contributed by atoms with Gasteiger partial charge in [0.25, 0.3) is 0 Å². The van der Waals surface area contributed by atoms with Gasteiger partial charge in [-0.3, -0.25) is 4.79 Å². The summed E-state index contributed by atoms with van der Waals surface area (Å²) < 4.78 is 4.60. The van der Waals surface area contributed by atoms with Crippen molar-refractivity contribution in [1.82, 2.24) is 5.01 Å². The second kappa shape index (κ2) is 3.81. The van der Waals surface area contributed by atoms with E-state index in [0.29, 0.717) is 0 Å². The lowest BCUT2D eigenvalue weighted by molar-refractivity contribution is -0.153. The van der Waals surface area contributed by atoms with E-state index in [9.17, 15) is 9.70 Å². The summed E-state index contributed by atoms with van der Waals surface area (Å²) >= 11 is 0. The predicted molar refractivity (Wildman–Crippen MR) is 34.8 cm³/mol. The van der Waals surface area contributed by atoms with Crippen LogP contribution in [0.2, 0.25) is 0 Å². The van der Waals surface area contributed by atoms with Crippen molar-refractivity contribution in [2.75, 3.05) is 7.05 Å². The zero-order valence-corrected chi connectivity index (χ0v) is 6.20. The Balaban J connectivity index is 3.71. The van der Waals surface area contributed by atoms with Gasteiger partial charge in [0.2, 0.25) is 0 Å². The molecular weight excluding hydrogens is 136 g/mol. The van der Waals surface area contributed by atoms with E-state index in [1.165, 1.54) is 14.0 Å². The van der Waals surface area contributed by atoms with Crippen LogP contribution in [0.4, 0.5) is 0 Å². The Labute approximate surface area is 58.9 Å². The molecule has 1 atom stereocenters. The van der Waals surface area contributed by atoms with Gasteiger partial charge in [0.15, 0.2) is 6.23 Å². The second-order valence-corrected chi connectivity index (χ2v) is 1.86. The minimum atomic E-state index is -0.588. The van der Waals surface area contributed by atoms with Gasteiger partial charge in [0.05, 0.1) is 5.29 Å². The summed E-state index contributed by atoms with van der Waals surface area (Å²) in [5.41, 5.74) is 0. The molecule has 5 nitrogen and oxygen atoms in total. The molecule has 0 bridgehead atoms. The summed E-state index contributed by atoms with van der Waals surface area (Å²) in [5.74, 6) is -0.428. The average molecular weight is 146 g/mol. The molecule has 5 heteroatoms. The quantitative estimate of drug-likeness (QED) is 0.252. The lowest BCUT2D eigenvalue weighted by atomic mass is 10.6. The first-order chi connectivity index (χ1) is 4.57. The summed E-state index contributed by atoms with van der Waals surface area (Å²) in [4.78, 5) is 20.1. The molecule has 0 aliphatic heterocycles. The highest BCUT2D eigenvalue weighted by Gasteiger charge is 2.09. The van der Waals surface area contributed by atoms with Crippen molar-refractivity contribution < 1.29 is 9.53 Å². The maximum atomic E-state index is 10.3. The SMILES string of the molecule is CC(=O)OC(C)N(C)N=O. The van der Waals surface area contributed by atoms with Gasteiger partial charge >= 0.3 is 5.97 Å². The number of hydrogen-bond donors (Lipinski definition) is 0. The molecule has 0 fully saturated rings. The Morgan fingerprint density at radius 3 is 2.50 bits per heavy atom. The highest BCUT2D eigenvalue weighted by Crippen LogP contribution is 1.96. The van der Waals surface area contributed by atoms with E-state index in [0.717, 1.165) is 5.01 Å². The number of ether oxygens (including phenoxy) is 1. The molecule has 0 aliphatic carbocycles. The number of nitroso groups, excluding NO2 is 1. The zero-order valence-electron chi connectivity index (χ0n) is 6.20. The lowest BCUT2D eigenvalue weighted by Crippen LogP contribution is -2.27. The lowest BCUT2D eigenvalue weighted by Gasteiger charge is -2.16. The fraction of sp³-hybridized carbons (Fsp3) is 0.800. The van der Waals surface area contributed by atoms with Gasteiger partial charge in [-0.1, -0.05) is 0 Å². The average Bonchev–Trinajstić information content (AvgIpc) is 1.85. The van der Waals surface area contributed by atoms with Gasteiger partial charge in [0.1, 0.15) is 0 Å². The van der Waals surface area contributed by atoms with Crippen LogP contribution in [0.3, 0.4) is 0 Å². The van der Waals surface area contributed by atoms with Crippen molar-refractivity contribution in [2.45, 2.75) is 20.1 Å². The Morgan fingerprint density at radius 2 is 2.20 bits per heavy atom. The first-order valence-corrected chi connectivity index (χ1v) is 2.81. The Hall–Kier alpha value is -1.13. The van der Waals surface area contributed by atoms with E-state index in [1.807, 2.05) is 0 Å². The summed E-state index contributed by atoms with van der Waals surface area (Å²) in [7, 11) is 1.43. The third-order valence-electron chi connectivity index (χ3n) is 0.992. The normalized spacial score (nSPS) is 11.9. The van der Waals surface area contributed by atoms with Crippen LogP contribution in [0.1, 0.15) is 13.8 Å². The Bertz CT molecular complexity index is 137. The third kappa shape index (κ3) is 3.01. The van der Waals surface area contributed by atoms with Crippen LogP contribution in [-0.4, -0.2) is 24.3 Å². The number of carbonyl (C=O) groups is 1. The minimum Gasteiger partial charge on any atom is -0.440 e. The molecule has 0 heterocycles. The van der Waals surface area contributed by atoms with Crippen molar-refractivity contribution >= 4 is 5.97 Å². The topological polar surface area (TPSA) is 59.0 Å². The summed E-state index contributed by atoms with van der Waals surface area (Å²) in [6, 6.07) is 0. The molecular formula is C5H10N2O3. The van der Waals surface area contributed by atoms with Crippen LogP contribution in [0.5, 0.6) is 0 Å². The monoisotopic (exact) mass is 146 g/mol. The number of carbonyl (C=O) groups excluding carboxylic acids is 1. The highest BCUT2D eigenvalue weighted by molar-refractivity contribution is 5.66. The van der Waals surface area contributed by atoms with Gasteiger partial charge in [0, 0.05) is 14.0 Å². The van der Waals surface area contributed by atoms with Crippen LogP contribution in [0.15, 0.2) is 5.29 Å². The molecule has 0 N–H and O–H groups in total. The first kappa shape index (κ1) is 8.87. The number of hydrogen-bond acceptors (Lipinski definition) is 4. The minimum absolute atomic E-state index is 0.428. The molecule has 1 unspecified atom stereocenters. The summed E-state index contributed by atoms with van der Waals surface area (Å²) in [6.07, 6.45) is -0.588. The van der Waals surface area contributed by atoms with Crippen molar-refractivity contribution in [1.29, 1.82) is 0 Å². The van der Waals surface area contributed by atoms with Crippen LogP contribution >= 0.6 is 0 Å². The molecule has 0 aliphatic rings. The zero-order chi connectivity index (χ0) is 8.15. The predicted octanol–water partition coefficient (Wildman–Crippen LogP) is 0.509. The number of rotatable bonds is 3. The molecule has 0 aromatic carbocycles. The molecule has 0 aromatic heterocycles. The summed E-state index contributed by atoms with van der Waals surface area (Å²) in [6.45, 7) is 2.83. The smallest absolute Gasteiger partial charge is 0.304 e. The molecule has 0 saturated heterocycles. The van der Waals surface area contributed by atoms with Crippen LogP contribution in [0.25, 0.3) is 0 Å². The van der Waals surface area contributed by atoms with E-state index < -0.39 is 12.2 Å². The highest BCUT2D eigenvalue weighted by atomic mass is 16.6. The molecule has 0 aromatic rings.